The van der Waals surface area contributed by atoms with Crippen molar-refractivity contribution in [2.45, 2.75) is 37.5 Å². The quantitative estimate of drug-likeness (QED) is 0.152. The van der Waals surface area contributed by atoms with Gasteiger partial charge in [-0.1, -0.05) is 37.3 Å². The molecule has 0 saturated carbocycles. The molecule has 2 aromatic rings. The molecule has 0 fully saturated rings. The summed E-state index contributed by atoms with van der Waals surface area (Å²) in [6.45, 7) is 9.39. The van der Waals surface area contributed by atoms with Crippen LogP contribution in [0, 0.1) is 10.5 Å². The highest BCUT2D eigenvalue weighted by molar-refractivity contribution is 14.1. The van der Waals surface area contributed by atoms with Crippen LogP contribution < -0.4 is 8.92 Å². The molecule has 0 saturated heterocycles. The Hall–Kier alpha value is -1.10. The van der Waals surface area contributed by atoms with Gasteiger partial charge in [0.15, 0.2) is 18.3 Å². The minimum absolute atomic E-state index is 0.0471. The van der Waals surface area contributed by atoms with Crippen LogP contribution in [0.25, 0.3) is 0 Å². The molecule has 0 N–H and O–H groups in total. The summed E-state index contributed by atoms with van der Waals surface area (Å²) in [5.41, 5.74) is 0.975. The van der Waals surface area contributed by atoms with Crippen LogP contribution in [0.2, 0.25) is 25.7 Å². The molecule has 2 rings (SSSR count). The van der Waals surface area contributed by atoms with Crippen molar-refractivity contribution < 1.29 is 22.1 Å². The van der Waals surface area contributed by atoms with Crippen molar-refractivity contribution in [1.29, 1.82) is 0 Å². The average molecular weight is 520 g/mol. The molecule has 0 radical (unpaired) electrons. The molecule has 0 aliphatic carbocycles. The first-order valence-electron chi connectivity index (χ1n) is 8.58. The lowest BCUT2D eigenvalue weighted by molar-refractivity contribution is 0.0210. The lowest BCUT2D eigenvalue weighted by Gasteiger charge is -2.16. The van der Waals surface area contributed by atoms with E-state index in [4.69, 9.17) is 13.7 Å². The minimum Gasteiger partial charge on any atom is -0.464 e. The molecule has 8 heteroatoms. The maximum atomic E-state index is 12.5. The second-order valence-electron chi connectivity index (χ2n) is 7.42. The van der Waals surface area contributed by atoms with Gasteiger partial charge in [0.05, 0.1) is 0 Å². The number of rotatable bonds is 9. The summed E-state index contributed by atoms with van der Waals surface area (Å²) < 4.78 is 42.5. The molecular weight excluding hydrogens is 495 g/mol. The van der Waals surface area contributed by atoms with E-state index in [1.54, 1.807) is 30.3 Å². The molecular formula is C19H25IO5SSi. The van der Waals surface area contributed by atoms with Crippen molar-refractivity contribution >= 4 is 40.8 Å². The van der Waals surface area contributed by atoms with E-state index in [0.29, 0.717) is 12.4 Å². The molecule has 0 aliphatic heterocycles. The van der Waals surface area contributed by atoms with Gasteiger partial charge in [0.2, 0.25) is 0 Å². The predicted octanol–water partition coefficient (Wildman–Crippen LogP) is 5.06. The lowest BCUT2D eigenvalue weighted by Crippen LogP contribution is -2.22. The maximum absolute atomic E-state index is 12.5. The zero-order chi connectivity index (χ0) is 20.1. The normalized spacial score (nSPS) is 12.0. The van der Waals surface area contributed by atoms with E-state index in [0.717, 1.165) is 15.2 Å². The molecule has 0 bridgehead atoms. The van der Waals surface area contributed by atoms with Crippen LogP contribution in [-0.2, 0) is 14.9 Å². The fourth-order valence-electron chi connectivity index (χ4n) is 2.08. The van der Waals surface area contributed by atoms with E-state index in [9.17, 15) is 8.42 Å². The Morgan fingerprint density at radius 2 is 1.67 bits per heavy atom. The SMILES string of the molecule is Cc1ccc(S(=O)(=O)Oc2ccc(I)cc2OCOCC[Si](C)(C)C)cc1. The summed E-state index contributed by atoms with van der Waals surface area (Å²) >= 11 is 2.13. The van der Waals surface area contributed by atoms with Crippen LogP contribution in [0.3, 0.4) is 0 Å². The van der Waals surface area contributed by atoms with Crippen LogP contribution in [-0.4, -0.2) is 29.9 Å². The van der Waals surface area contributed by atoms with Crippen molar-refractivity contribution in [2.24, 2.45) is 0 Å². The largest absolute Gasteiger partial charge is 0.464 e. The highest BCUT2D eigenvalue weighted by Gasteiger charge is 2.19. The fraction of sp³-hybridized carbons (Fsp3) is 0.368. The van der Waals surface area contributed by atoms with E-state index < -0.39 is 18.2 Å². The van der Waals surface area contributed by atoms with Gasteiger partial charge in [-0.05, 0) is 65.9 Å². The number of ether oxygens (including phenoxy) is 2. The van der Waals surface area contributed by atoms with E-state index in [1.165, 1.54) is 12.1 Å². The predicted molar refractivity (Wildman–Crippen MR) is 118 cm³/mol. The molecule has 0 atom stereocenters. The molecule has 0 spiro atoms. The molecule has 0 amide bonds. The average Bonchev–Trinajstić information content (AvgIpc) is 2.56. The first-order chi connectivity index (χ1) is 12.6. The van der Waals surface area contributed by atoms with Crippen molar-refractivity contribution in [3.05, 3.63) is 51.6 Å². The van der Waals surface area contributed by atoms with Gasteiger partial charge in [0.25, 0.3) is 0 Å². The number of aryl methyl sites for hydroxylation is 1. The maximum Gasteiger partial charge on any atom is 0.339 e. The summed E-state index contributed by atoms with van der Waals surface area (Å²) in [7, 11) is -5.10. The van der Waals surface area contributed by atoms with Crippen LogP contribution in [0.1, 0.15) is 5.56 Å². The van der Waals surface area contributed by atoms with E-state index in [-0.39, 0.29) is 17.4 Å². The van der Waals surface area contributed by atoms with Crippen molar-refractivity contribution in [3.63, 3.8) is 0 Å². The van der Waals surface area contributed by atoms with Crippen molar-refractivity contribution in [2.75, 3.05) is 13.4 Å². The third-order valence-corrected chi connectivity index (χ3v) is 7.33. The van der Waals surface area contributed by atoms with E-state index in [2.05, 4.69) is 42.2 Å². The third-order valence-electron chi connectivity index (χ3n) is 3.71. The fourth-order valence-corrected chi connectivity index (χ4v) is 4.24. The van der Waals surface area contributed by atoms with Gasteiger partial charge in [0, 0.05) is 18.3 Å². The molecule has 0 heterocycles. The van der Waals surface area contributed by atoms with Gasteiger partial charge in [-0.25, -0.2) is 0 Å². The van der Waals surface area contributed by atoms with Gasteiger partial charge >= 0.3 is 10.1 Å². The number of halogens is 1. The number of hydrogen-bond donors (Lipinski definition) is 0. The van der Waals surface area contributed by atoms with E-state index in [1.807, 2.05) is 6.92 Å². The smallest absolute Gasteiger partial charge is 0.339 e. The molecule has 0 aromatic heterocycles. The molecule has 5 nitrogen and oxygen atoms in total. The monoisotopic (exact) mass is 520 g/mol. The second-order valence-corrected chi connectivity index (χ2v) is 15.8. The van der Waals surface area contributed by atoms with Crippen molar-refractivity contribution in [1.82, 2.24) is 0 Å². The zero-order valence-electron chi connectivity index (χ0n) is 16.0. The van der Waals surface area contributed by atoms with Crippen LogP contribution in [0.4, 0.5) is 0 Å². The summed E-state index contributed by atoms with van der Waals surface area (Å²) in [6, 6.07) is 12.6. The highest BCUT2D eigenvalue weighted by Crippen LogP contribution is 2.31. The summed E-state index contributed by atoms with van der Waals surface area (Å²) in [6.07, 6.45) is 0. The Morgan fingerprint density at radius 3 is 2.30 bits per heavy atom. The Morgan fingerprint density at radius 1 is 1.00 bits per heavy atom. The van der Waals surface area contributed by atoms with E-state index >= 15 is 0 Å². The topological polar surface area (TPSA) is 61.8 Å². The standard InChI is InChI=1S/C19H25IO5SSi/c1-15-5-8-17(9-6-15)26(21,22)25-18-10-7-16(20)13-19(18)24-14-23-11-12-27(2,3)4/h5-10,13H,11-12,14H2,1-4H3. The summed E-state index contributed by atoms with van der Waals surface area (Å²) in [5, 5.41) is 0. The van der Waals surface area contributed by atoms with Crippen LogP contribution in [0.5, 0.6) is 11.5 Å². The molecule has 148 valence electrons. The zero-order valence-corrected chi connectivity index (χ0v) is 20.0. The first kappa shape index (κ1) is 22.2. The highest BCUT2D eigenvalue weighted by atomic mass is 127. The van der Waals surface area contributed by atoms with Gasteiger partial charge < -0.3 is 13.7 Å². The Kier molecular flexibility index (Phi) is 7.72. The summed E-state index contributed by atoms with van der Waals surface area (Å²) in [5.74, 6) is 0.482. The van der Waals surface area contributed by atoms with Gasteiger partial charge in [-0.3, -0.25) is 0 Å². The van der Waals surface area contributed by atoms with Crippen LogP contribution >= 0.6 is 22.6 Å². The summed E-state index contributed by atoms with van der Waals surface area (Å²) in [4.78, 5) is 0.101. The Labute approximate surface area is 176 Å². The number of benzene rings is 2. The van der Waals surface area contributed by atoms with Crippen LogP contribution in [0.15, 0.2) is 47.4 Å². The van der Waals surface area contributed by atoms with Gasteiger partial charge in [0.1, 0.15) is 4.90 Å². The molecule has 0 unspecified atom stereocenters. The van der Waals surface area contributed by atoms with Gasteiger partial charge in [-0.2, -0.15) is 8.42 Å². The lowest BCUT2D eigenvalue weighted by atomic mass is 10.2. The first-order valence-corrected chi connectivity index (χ1v) is 14.8. The third kappa shape index (κ3) is 7.44. The van der Waals surface area contributed by atoms with Crippen molar-refractivity contribution in [3.8, 4) is 11.5 Å². The molecule has 2 aromatic carbocycles. The minimum atomic E-state index is -3.94. The Balaban J connectivity index is 2.07. The molecule has 27 heavy (non-hydrogen) atoms. The number of hydrogen-bond acceptors (Lipinski definition) is 5. The molecule has 0 aliphatic rings. The second kappa shape index (κ2) is 9.40. The van der Waals surface area contributed by atoms with Gasteiger partial charge in [-0.15, -0.1) is 0 Å². The Bertz CT molecular complexity index is 861.